The van der Waals surface area contributed by atoms with Crippen LogP contribution in [0.4, 0.5) is 0 Å². The van der Waals surface area contributed by atoms with Gasteiger partial charge in [0.15, 0.2) is 11.2 Å². The summed E-state index contributed by atoms with van der Waals surface area (Å²) in [6.45, 7) is 4.24. The standard InChI is InChI=1S/C13H16N4O4/c1-7-4-10-14-5-9(8(2)17(10)16-7)11(18)15-6-13(3,21)12(19)20/h4-5,21H,6H2,1-3H3,(H,15,18)(H,19,20). The molecule has 8 heteroatoms. The molecule has 0 aliphatic rings. The molecule has 0 saturated carbocycles. The van der Waals surface area contributed by atoms with E-state index in [1.165, 1.54) is 6.20 Å². The van der Waals surface area contributed by atoms with Crippen LogP contribution in [0.5, 0.6) is 0 Å². The summed E-state index contributed by atoms with van der Waals surface area (Å²) in [6.07, 6.45) is 1.40. The normalized spacial score (nSPS) is 13.9. The molecule has 21 heavy (non-hydrogen) atoms. The van der Waals surface area contributed by atoms with Crippen LogP contribution in [-0.2, 0) is 4.79 Å². The zero-order chi connectivity index (χ0) is 15.8. The molecule has 2 rings (SSSR count). The molecule has 2 aromatic heterocycles. The highest BCUT2D eigenvalue weighted by Crippen LogP contribution is 2.11. The van der Waals surface area contributed by atoms with Crippen molar-refractivity contribution in [3.05, 3.63) is 29.2 Å². The van der Waals surface area contributed by atoms with Gasteiger partial charge in [0.2, 0.25) is 0 Å². The van der Waals surface area contributed by atoms with Crippen LogP contribution >= 0.6 is 0 Å². The first kappa shape index (κ1) is 14.9. The van der Waals surface area contributed by atoms with Crippen molar-refractivity contribution in [2.75, 3.05) is 6.54 Å². The number of aromatic nitrogens is 3. The minimum absolute atomic E-state index is 0.270. The highest BCUT2D eigenvalue weighted by atomic mass is 16.4. The smallest absolute Gasteiger partial charge is 0.337 e. The minimum atomic E-state index is -2.02. The van der Waals surface area contributed by atoms with E-state index in [2.05, 4.69) is 15.4 Å². The number of amides is 1. The Morgan fingerprint density at radius 1 is 1.43 bits per heavy atom. The molecule has 0 aliphatic heterocycles. The number of hydrogen-bond acceptors (Lipinski definition) is 5. The molecule has 0 radical (unpaired) electrons. The van der Waals surface area contributed by atoms with Crippen LogP contribution in [0, 0.1) is 13.8 Å². The SMILES string of the molecule is Cc1cc2ncc(C(=O)NCC(C)(O)C(=O)O)c(C)n2n1. The van der Waals surface area contributed by atoms with E-state index < -0.39 is 24.0 Å². The average molecular weight is 292 g/mol. The van der Waals surface area contributed by atoms with Gasteiger partial charge in [0.05, 0.1) is 23.5 Å². The lowest BCUT2D eigenvalue weighted by Crippen LogP contribution is -2.46. The van der Waals surface area contributed by atoms with Crippen LogP contribution < -0.4 is 5.32 Å². The number of carboxylic acid groups (broad SMARTS) is 1. The topological polar surface area (TPSA) is 117 Å². The van der Waals surface area contributed by atoms with E-state index in [1.807, 2.05) is 6.92 Å². The van der Waals surface area contributed by atoms with E-state index in [1.54, 1.807) is 17.5 Å². The number of nitrogens with zero attached hydrogens (tertiary/aromatic N) is 3. The largest absolute Gasteiger partial charge is 0.479 e. The van der Waals surface area contributed by atoms with Crippen LogP contribution in [0.25, 0.3) is 5.65 Å². The lowest BCUT2D eigenvalue weighted by atomic mass is 10.1. The molecule has 8 nitrogen and oxygen atoms in total. The zero-order valence-corrected chi connectivity index (χ0v) is 11.9. The average Bonchev–Trinajstić information content (AvgIpc) is 2.78. The Kier molecular flexibility index (Phi) is 3.65. The molecule has 2 heterocycles. The van der Waals surface area contributed by atoms with E-state index in [0.717, 1.165) is 12.6 Å². The van der Waals surface area contributed by atoms with Crippen molar-refractivity contribution in [1.82, 2.24) is 19.9 Å². The van der Waals surface area contributed by atoms with Crippen LogP contribution in [0.15, 0.2) is 12.3 Å². The van der Waals surface area contributed by atoms with Crippen molar-refractivity contribution >= 4 is 17.5 Å². The minimum Gasteiger partial charge on any atom is -0.479 e. The summed E-state index contributed by atoms with van der Waals surface area (Å²) in [5.74, 6) is -1.92. The predicted molar refractivity (Wildman–Crippen MR) is 73.1 cm³/mol. The highest BCUT2D eigenvalue weighted by Gasteiger charge is 2.30. The molecular weight excluding hydrogens is 276 g/mol. The molecule has 0 fully saturated rings. The van der Waals surface area contributed by atoms with E-state index in [0.29, 0.717) is 11.3 Å². The summed E-state index contributed by atoms with van der Waals surface area (Å²) in [7, 11) is 0. The van der Waals surface area contributed by atoms with Gasteiger partial charge in [0.1, 0.15) is 0 Å². The van der Waals surface area contributed by atoms with E-state index >= 15 is 0 Å². The van der Waals surface area contributed by atoms with Crippen molar-refractivity contribution in [2.24, 2.45) is 0 Å². The quantitative estimate of drug-likeness (QED) is 0.725. The van der Waals surface area contributed by atoms with Gasteiger partial charge in [-0.05, 0) is 20.8 Å². The molecule has 2 aromatic rings. The third-order valence-corrected chi connectivity index (χ3v) is 3.14. The van der Waals surface area contributed by atoms with Crippen molar-refractivity contribution in [2.45, 2.75) is 26.4 Å². The molecule has 1 amide bonds. The fraction of sp³-hybridized carbons (Fsp3) is 0.385. The second-order valence-electron chi connectivity index (χ2n) is 5.07. The second kappa shape index (κ2) is 5.13. The summed E-state index contributed by atoms with van der Waals surface area (Å²) in [6, 6.07) is 1.78. The maximum atomic E-state index is 12.1. The molecular formula is C13H16N4O4. The maximum absolute atomic E-state index is 12.1. The predicted octanol–water partition coefficient (Wildman–Crippen LogP) is -0.0885. The number of nitrogens with one attached hydrogen (secondary N) is 1. The molecule has 1 unspecified atom stereocenters. The first-order valence-corrected chi connectivity index (χ1v) is 6.28. The number of aryl methyl sites for hydroxylation is 2. The van der Waals surface area contributed by atoms with Gasteiger partial charge in [-0.25, -0.2) is 14.3 Å². The molecule has 0 aromatic carbocycles. The number of rotatable bonds is 4. The summed E-state index contributed by atoms with van der Waals surface area (Å²) in [4.78, 5) is 27.0. The third-order valence-electron chi connectivity index (χ3n) is 3.14. The Morgan fingerprint density at radius 2 is 2.10 bits per heavy atom. The number of aliphatic carboxylic acids is 1. The lowest BCUT2D eigenvalue weighted by Gasteiger charge is -2.18. The number of carboxylic acids is 1. The number of carbonyl (C=O) groups excluding carboxylic acids is 1. The van der Waals surface area contributed by atoms with Crippen molar-refractivity contribution in [1.29, 1.82) is 0 Å². The lowest BCUT2D eigenvalue weighted by molar-refractivity contribution is -0.155. The number of hydrogen-bond donors (Lipinski definition) is 3. The summed E-state index contributed by atoms with van der Waals surface area (Å²) in [5, 5.41) is 25.0. The zero-order valence-electron chi connectivity index (χ0n) is 11.9. The van der Waals surface area contributed by atoms with Crippen LogP contribution in [-0.4, -0.2) is 48.8 Å². The highest BCUT2D eigenvalue weighted by molar-refractivity contribution is 5.95. The Balaban J connectivity index is 2.24. The van der Waals surface area contributed by atoms with E-state index in [-0.39, 0.29) is 5.56 Å². The monoisotopic (exact) mass is 292 g/mol. The number of fused-ring (bicyclic) bond motifs is 1. The van der Waals surface area contributed by atoms with Crippen molar-refractivity contribution in [3.63, 3.8) is 0 Å². The first-order valence-electron chi connectivity index (χ1n) is 6.28. The molecule has 112 valence electrons. The van der Waals surface area contributed by atoms with Gasteiger partial charge >= 0.3 is 5.97 Å². The number of carbonyl (C=O) groups is 2. The molecule has 0 bridgehead atoms. The molecule has 3 N–H and O–H groups in total. The van der Waals surface area contributed by atoms with Crippen LogP contribution in [0.1, 0.15) is 28.7 Å². The summed E-state index contributed by atoms with van der Waals surface area (Å²) < 4.78 is 1.54. The second-order valence-corrected chi connectivity index (χ2v) is 5.07. The molecule has 0 spiro atoms. The Hall–Kier alpha value is -2.48. The summed E-state index contributed by atoms with van der Waals surface area (Å²) in [5.41, 5.74) is 0.229. The van der Waals surface area contributed by atoms with Crippen molar-refractivity contribution < 1.29 is 19.8 Å². The molecule has 0 saturated heterocycles. The number of aliphatic hydroxyl groups is 1. The van der Waals surface area contributed by atoms with Crippen LogP contribution in [0.2, 0.25) is 0 Å². The van der Waals surface area contributed by atoms with Crippen molar-refractivity contribution in [3.8, 4) is 0 Å². The molecule has 0 aliphatic carbocycles. The van der Waals surface area contributed by atoms with E-state index in [4.69, 9.17) is 5.11 Å². The molecule has 1 atom stereocenters. The van der Waals surface area contributed by atoms with Gasteiger partial charge in [-0.1, -0.05) is 0 Å². The Morgan fingerprint density at radius 3 is 2.71 bits per heavy atom. The maximum Gasteiger partial charge on any atom is 0.337 e. The van der Waals surface area contributed by atoms with Crippen LogP contribution in [0.3, 0.4) is 0 Å². The van der Waals surface area contributed by atoms with Gasteiger partial charge in [-0.2, -0.15) is 5.10 Å². The van der Waals surface area contributed by atoms with Gasteiger partial charge in [-0.15, -0.1) is 0 Å². The first-order chi connectivity index (χ1) is 9.72. The van der Waals surface area contributed by atoms with Gasteiger partial charge < -0.3 is 15.5 Å². The van der Waals surface area contributed by atoms with E-state index in [9.17, 15) is 14.7 Å². The van der Waals surface area contributed by atoms with Gasteiger partial charge in [0, 0.05) is 12.3 Å². The van der Waals surface area contributed by atoms with Gasteiger partial charge in [0.25, 0.3) is 5.91 Å². The van der Waals surface area contributed by atoms with Gasteiger partial charge in [-0.3, -0.25) is 4.79 Å². The third kappa shape index (κ3) is 2.84. The summed E-state index contributed by atoms with van der Waals surface area (Å²) >= 11 is 0. The Labute approximate surface area is 120 Å². The fourth-order valence-electron chi connectivity index (χ4n) is 1.81. The fourth-order valence-corrected chi connectivity index (χ4v) is 1.81. The Bertz CT molecular complexity index is 720.